The number of pyridine rings is 1. The summed E-state index contributed by atoms with van der Waals surface area (Å²) in [4.78, 5) is 39.5. The van der Waals surface area contributed by atoms with Crippen molar-refractivity contribution < 1.29 is 24.2 Å². The number of carbonyl (C=O) groups is 2. The Bertz CT molecular complexity index is 997. The average molecular weight is 502 g/mol. The van der Waals surface area contributed by atoms with Gasteiger partial charge >= 0.3 is 12.0 Å². The van der Waals surface area contributed by atoms with Gasteiger partial charge in [0.2, 0.25) is 12.3 Å². The van der Waals surface area contributed by atoms with E-state index in [0.29, 0.717) is 56.4 Å². The average Bonchev–Trinajstić information content (AvgIpc) is 2.88. The minimum atomic E-state index is -0.713. The molecule has 1 fully saturated rings. The van der Waals surface area contributed by atoms with Crippen LogP contribution in [-0.4, -0.2) is 77.2 Å². The number of ether oxygens (including phenoxy) is 2. The number of carbonyl (C=O) groups excluding carboxylic acids is 1. The number of nitrogens with zero attached hydrogens (tertiary/aromatic N) is 5. The third-order valence-corrected chi connectivity index (χ3v) is 6.02. The molecule has 3 rings (SSSR count). The molecule has 0 unspecified atom stereocenters. The topological polar surface area (TPSA) is 156 Å². The maximum Gasteiger partial charge on any atom is 0.320 e. The maximum atomic E-state index is 12.0. The highest BCUT2D eigenvalue weighted by Crippen LogP contribution is 2.30. The number of piperidine rings is 1. The van der Waals surface area contributed by atoms with Crippen LogP contribution in [0.1, 0.15) is 38.2 Å². The molecule has 0 atom stereocenters. The van der Waals surface area contributed by atoms with Gasteiger partial charge in [-0.1, -0.05) is 19.4 Å². The molecule has 1 amide bonds. The zero-order valence-corrected chi connectivity index (χ0v) is 20.9. The summed E-state index contributed by atoms with van der Waals surface area (Å²) in [5, 5.41) is 12.1. The first-order valence-corrected chi connectivity index (χ1v) is 12.2. The maximum absolute atomic E-state index is 12.0. The molecule has 2 aromatic heterocycles. The Morgan fingerprint density at radius 2 is 2.06 bits per heavy atom. The Labute approximate surface area is 210 Å². The van der Waals surface area contributed by atoms with Crippen LogP contribution in [0.5, 0.6) is 11.9 Å². The van der Waals surface area contributed by atoms with E-state index in [1.807, 2.05) is 6.07 Å². The number of nitrogens with two attached hydrogens (primary N) is 1. The third kappa shape index (κ3) is 7.41. The minimum absolute atomic E-state index is 0.121. The second-order valence-electron chi connectivity index (χ2n) is 8.58. The normalized spacial score (nSPS) is 14.3. The number of nitrogens with one attached hydrogen (secondary N) is 1. The number of amides is 1. The number of nitrogen functional groups attached to an aromatic ring is 1. The van der Waals surface area contributed by atoms with Gasteiger partial charge in [0.15, 0.2) is 11.6 Å². The Hall–Kier alpha value is -3.67. The van der Waals surface area contributed by atoms with E-state index in [9.17, 15) is 9.59 Å². The molecule has 4 N–H and O–H groups in total. The fourth-order valence-electron chi connectivity index (χ4n) is 3.90. The molecule has 12 heteroatoms. The van der Waals surface area contributed by atoms with Crippen LogP contribution in [-0.2, 0) is 16.1 Å². The molecule has 196 valence electrons. The van der Waals surface area contributed by atoms with Crippen molar-refractivity contribution in [2.24, 2.45) is 5.92 Å². The lowest BCUT2D eigenvalue weighted by atomic mass is 9.97. The number of rotatable bonds is 14. The van der Waals surface area contributed by atoms with Crippen LogP contribution < -0.4 is 25.4 Å². The highest BCUT2D eigenvalue weighted by molar-refractivity contribution is 5.85. The summed E-state index contributed by atoms with van der Waals surface area (Å²) in [6, 6.07) is 3.71. The molecule has 0 bridgehead atoms. The van der Waals surface area contributed by atoms with Gasteiger partial charge < -0.3 is 25.6 Å². The fourth-order valence-corrected chi connectivity index (χ4v) is 3.90. The van der Waals surface area contributed by atoms with E-state index in [4.69, 9.17) is 20.3 Å². The zero-order chi connectivity index (χ0) is 25.9. The molecule has 1 saturated heterocycles. The van der Waals surface area contributed by atoms with Crippen LogP contribution in [0.2, 0.25) is 0 Å². The quantitative estimate of drug-likeness (QED) is 0.257. The van der Waals surface area contributed by atoms with Crippen LogP contribution in [0.15, 0.2) is 18.3 Å². The first-order valence-electron chi connectivity index (χ1n) is 12.2. The predicted octanol–water partition coefficient (Wildman–Crippen LogP) is 2.01. The van der Waals surface area contributed by atoms with E-state index < -0.39 is 5.97 Å². The lowest BCUT2D eigenvalue weighted by molar-refractivity contribution is -0.143. The SMILES string of the molecule is CCCCOc1nc(N)c(NC)c(N(C=O)Cc2ccc(OCCN3CCC(C(=O)O)CC3)nc2)n1. The molecule has 0 aliphatic carbocycles. The molecule has 1 aliphatic rings. The van der Waals surface area contributed by atoms with E-state index in [1.54, 1.807) is 19.3 Å². The number of hydrogen-bond acceptors (Lipinski definition) is 10. The Balaban J connectivity index is 1.57. The minimum Gasteiger partial charge on any atom is -0.481 e. The third-order valence-electron chi connectivity index (χ3n) is 6.02. The lowest BCUT2D eigenvalue weighted by Gasteiger charge is -2.29. The van der Waals surface area contributed by atoms with Crippen LogP contribution in [0.25, 0.3) is 0 Å². The number of carboxylic acids is 1. The van der Waals surface area contributed by atoms with Crippen LogP contribution >= 0.6 is 0 Å². The summed E-state index contributed by atoms with van der Waals surface area (Å²) < 4.78 is 11.3. The van der Waals surface area contributed by atoms with Crippen molar-refractivity contribution in [1.82, 2.24) is 19.9 Å². The van der Waals surface area contributed by atoms with Gasteiger partial charge in [0.1, 0.15) is 12.3 Å². The molecular formula is C24H35N7O5. The van der Waals surface area contributed by atoms with Crippen molar-refractivity contribution in [1.29, 1.82) is 0 Å². The number of aliphatic carboxylic acids is 1. The standard InChI is InChI=1S/C24H35N7O5/c1-3-4-12-36-24-28-21(25)20(26-2)22(29-24)31(16-32)15-17-5-6-19(27-14-17)35-13-11-30-9-7-18(8-10-30)23(33)34/h5-6,14,16,18,26H,3-4,7-13,15H2,1-2H3,(H,33,34)(H2,25,28,29). The lowest BCUT2D eigenvalue weighted by Crippen LogP contribution is -2.38. The van der Waals surface area contributed by atoms with Gasteiger partial charge in [-0.15, -0.1) is 0 Å². The van der Waals surface area contributed by atoms with E-state index in [1.165, 1.54) is 4.90 Å². The molecule has 3 heterocycles. The summed E-state index contributed by atoms with van der Waals surface area (Å²) in [6.45, 7) is 5.40. The Kier molecular flexibility index (Phi) is 10.0. The number of carboxylic acid groups (broad SMARTS) is 1. The molecule has 36 heavy (non-hydrogen) atoms. The summed E-state index contributed by atoms with van der Waals surface area (Å²) in [7, 11) is 1.68. The first-order chi connectivity index (χ1) is 17.4. The Morgan fingerprint density at radius 3 is 2.67 bits per heavy atom. The van der Waals surface area contributed by atoms with Gasteiger partial charge in [0.05, 0.1) is 19.1 Å². The van der Waals surface area contributed by atoms with Crippen molar-refractivity contribution in [2.45, 2.75) is 39.2 Å². The van der Waals surface area contributed by atoms with E-state index in [2.05, 4.69) is 32.1 Å². The van der Waals surface area contributed by atoms with Crippen molar-refractivity contribution in [3.05, 3.63) is 23.9 Å². The van der Waals surface area contributed by atoms with E-state index in [0.717, 1.165) is 31.5 Å². The van der Waals surface area contributed by atoms with E-state index >= 15 is 0 Å². The van der Waals surface area contributed by atoms with Gasteiger partial charge in [-0.25, -0.2) is 4.98 Å². The molecule has 12 nitrogen and oxygen atoms in total. The second kappa shape index (κ2) is 13.4. The number of likely N-dealkylation sites (tertiary alicyclic amines) is 1. The second-order valence-corrected chi connectivity index (χ2v) is 8.58. The van der Waals surface area contributed by atoms with Crippen molar-refractivity contribution >= 4 is 29.7 Å². The predicted molar refractivity (Wildman–Crippen MR) is 135 cm³/mol. The van der Waals surface area contributed by atoms with Crippen LogP contribution in [0.4, 0.5) is 17.3 Å². The molecule has 2 aromatic rings. The van der Waals surface area contributed by atoms with Crippen molar-refractivity contribution in [3.8, 4) is 11.9 Å². The smallest absolute Gasteiger partial charge is 0.320 e. The summed E-state index contributed by atoms with van der Waals surface area (Å²) >= 11 is 0. The van der Waals surface area contributed by atoms with E-state index in [-0.39, 0.29) is 24.3 Å². The summed E-state index contributed by atoms with van der Waals surface area (Å²) in [6.07, 6.45) is 5.47. The Morgan fingerprint density at radius 1 is 1.28 bits per heavy atom. The number of anilines is 3. The van der Waals surface area contributed by atoms with Crippen molar-refractivity contribution in [2.75, 3.05) is 55.8 Å². The van der Waals surface area contributed by atoms with Gasteiger partial charge in [-0.2, -0.15) is 9.97 Å². The molecule has 0 radical (unpaired) electrons. The van der Waals surface area contributed by atoms with Gasteiger partial charge in [0, 0.05) is 25.9 Å². The molecule has 0 saturated carbocycles. The molecule has 0 spiro atoms. The van der Waals surface area contributed by atoms with Crippen molar-refractivity contribution in [3.63, 3.8) is 0 Å². The highest BCUT2D eigenvalue weighted by Gasteiger charge is 2.24. The largest absolute Gasteiger partial charge is 0.481 e. The van der Waals surface area contributed by atoms with Crippen LogP contribution in [0.3, 0.4) is 0 Å². The summed E-state index contributed by atoms with van der Waals surface area (Å²) in [5.74, 6) is 0.0268. The summed E-state index contributed by atoms with van der Waals surface area (Å²) in [5.41, 5.74) is 7.28. The van der Waals surface area contributed by atoms with Gasteiger partial charge in [-0.05, 0) is 37.9 Å². The number of hydrogen-bond donors (Lipinski definition) is 3. The highest BCUT2D eigenvalue weighted by atomic mass is 16.5. The molecule has 0 aromatic carbocycles. The fraction of sp³-hybridized carbons (Fsp3) is 0.542. The number of unbranched alkanes of at least 4 members (excludes halogenated alkanes) is 1. The number of aromatic nitrogens is 3. The zero-order valence-electron chi connectivity index (χ0n) is 20.9. The first kappa shape index (κ1) is 26.9. The van der Waals surface area contributed by atoms with Gasteiger partial charge in [-0.3, -0.25) is 19.4 Å². The molecule has 1 aliphatic heterocycles. The molecular weight excluding hydrogens is 466 g/mol. The monoisotopic (exact) mass is 501 g/mol. The van der Waals surface area contributed by atoms with Crippen LogP contribution in [0, 0.1) is 5.92 Å². The van der Waals surface area contributed by atoms with Gasteiger partial charge in [0.25, 0.3) is 0 Å².